The molecule has 0 heterocycles. The van der Waals surface area contributed by atoms with Crippen molar-refractivity contribution in [3.05, 3.63) is 5.53 Å². The van der Waals surface area contributed by atoms with E-state index in [-0.39, 0.29) is 5.78 Å². The van der Waals surface area contributed by atoms with E-state index in [1.54, 1.807) is 0 Å². The van der Waals surface area contributed by atoms with Gasteiger partial charge in [0.25, 0.3) is 0 Å². The molecule has 0 fully saturated rings. The first-order valence-corrected chi connectivity index (χ1v) is 13.5. The van der Waals surface area contributed by atoms with Gasteiger partial charge in [0, 0.05) is 6.42 Å². The molecule has 30 heavy (non-hydrogen) atoms. The standard InChI is InChI=1S/C27H52N2O/c1-3-5-7-9-11-13-15-17-19-21-23-25-27(30)26(29-28)24-22-20-18-16-14-12-10-8-6-4-2/h3-25H2,1-2H3. The van der Waals surface area contributed by atoms with E-state index in [1.807, 2.05) is 0 Å². The number of ketones is 1. The summed E-state index contributed by atoms with van der Waals surface area (Å²) in [6.45, 7) is 4.52. The largest absolute Gasteiger partial charge is 0.361 e. The molecular formula is C27H52N2O. The molecule has 0 unspecified atom stereocenters. The molecule has 0 radical (unpaired) electrons. The quantitative estimate of drug-likeness (QED) is 0.0664. The normalized spacial score (nSPS) is 10.9. The molecule has 0 saturated carbocycles. The van der Waals surface area contributed by atoms with Crippen LogP contribution in [0.1, 0.15) is 162 Å². The van der Waals surface area contributed by atoms with Gasteiger partial charge >= 0.3 is 5.71 Å². The summed E-state index contributed by atoms with van der Waals surface area (Å²) in [5, 5.41) is 0. The van der Waals surface area contributed by atoms with Crippen molar-refractivity contribution in [2.24, 2.45) is 0 Å². The molecule has 176 valence electrons. The predicted molar refractivity (Wildman–Crippen MR) is 131 cm³/mol. The van der Waals surface area contributed by atoms with Crippen molar-refractivity contribution in [3.63, 3.8) is 0 Å². The minimum Gasteiger partial charge on any atom is -0.361 e. The Morgan fingerprint density at radius 1 is 0.500 bits per heavy atom. The summed E-state index contributed by atoms with van der Waals surface area (Å²) in [5.41, 5.74) is 9.59. The number of Topliss-reactive ketones (excluding diaryl/α,β-unsaturated/α-hetero) is 1. The molecule has 0 amide bonds. The Bertz CT molecular complexity index is 427. The summed E-state index contributed by atoms with van der Waals surface area (Å²) in [6.07, 6.45) is 28.1. The zero-order valence-corrected chi connectivity index (χ0v) is 20.6. The summed E-state index contributed by atoms with van der Waals surface area (Å²) >= 11 is 0. The molecule has 0 bridgehead atoms. The Morgan fingerprint density at radius 3 is 1.13 bits per heavy atom. The fourth-order valence-electron chi connectivity index (χ4n) is 4.12. The molecule has 0 saturated heterocycles. The van der Waals surface area contributed by atoms with Crippen LogP contribution in [0.15, 0.2) is 0 Å². The molecule has 0 aromatic rings. The van der Waals surface area contributed by atoms with Gasteiger partial charge in [-0.05, 0) is 12.8 Å². The third-order valence-corrected chi connectivity index (χ3v) is 6.22. The molecule has 3 nitrogen and oxygen atoms in total. The second-order valence-corrected chi connectivity index (χ2v) is 9.19. The van der Waals surface area contributed by atoms with E-state index in [1.165, 1.54) is 109 Å². The molecular weight excluding hydrogens is 368 g/mol. The fraction of sp³-hybridized carbons (Fsp3) is 0.926. The van der Waals surface area contributed by atoms with Crippen LogP contribution < -0.4 is 0 Å². The molecule has 0 aromatic carbocycles. The summed E-state index contributed by atoms with van der Waals surface area (Å²) in [5.74, 6) is 0.0596. The van der Waals surface area contributed by atoms with Crippen LogP contribution in [0.2, 0.25) is 0 Å². The van der Waals surface area contributed by atoms with Crippen LogP contribution in [0.5, 0.6) is 0 Å². The second-order valence-electron chi connectivity index (χ2n) is 9.19. The number of hydrogen-bond acceptors (Lipinski definition) is 1. The van der Waals surface area contributed by atoms with Gasteiger partial charge < -0.3 is 5.53 Å². The maximum absolute atomic E-state index is 12.2. The molecule has 3 heteroatoms. The molecule has 0 N–H and O–H groups in total. The monoisotopic (exact) mass is 420 g/mol. The Labute approximate surface area is 188 Å². The number of unbranched alkanes of at least 4 members (excludes halogenated alkanes) is 19. The average Bonchev–Trinajstić information content (AvgIpc) is 2.75. The fourth-order valence-corrected chi connectivity index (χ4v) is 4.12. The van der Waals surface area contributed by atoms with Gasteiger partial charge in [0.05, 0.1) is 6.42 Å². The highest BCUT2D eigenvalue weighted by atomic mass is 16.1. The minimum atomic E-state index is 0.0596. The van der Waals surface area contributed by atoms with Crippen molar-refractivity contribution in [1.82, 2.24) is 0 Å². The highest BCUT2D eigenvalue weighted by Crippen LogP contribution is 2.14. The maximum atomic E-state index is 12.2. The van der Waals surface area contributed by atoms with Gasteiger partial charge in [-0.15, -0.1) is 0 Å². The van der Waals surface area contributed by atoms with Gasteiger partial charge in [0.15, 0.2) is 0 Å². The lowest BCUT2D eigenvalue weighted by atomic mass is 10.0. The van der Waals surface area contributed by atoms with Gasteiger partial charge in [-0.1, -0.05) is 136 Å². The number of hydrogen-bond donors (Lipinski definition) is 0. The van der Waals surface area contributed by atoms with Crippen LogP contribution in [0.3, 0.4) is 0 Å². The van der Waals surface area contributed by atoms with Gasteiger partial charge in [-0.3, -0.25) is 4.79 Å². The van der Waals surface area contributed by atoms with Crippen LogP contribution >= 0.6 is 0 Å². The third kappa shape index (κ3) is 20.3. The topological polar surface area (TPSA) is 53.5 Å². The highest BCUT2D eigenvalue weighted by molar-refractivity contribution is 6.37. The summed E-state index contributed by atoms with van der Waals surface area (Å²) < 4.78 is 0. The van der Waals surface area contributed by atoms with Crippen LogP contribution in [-0.4, -0.2) is 16.3 Å². The Morgan fingerprint density at radius 2 is 0.800 bits per heavy atom. The molecule has 0 aliphatic rings. The Balaban J connectivity index is 3.50. The smallest absolute Gasteiger partial charge is 0.334 e. The molecule has 0 atom stereocenters. The van der Waals surface area contributed by atoms with E-state index in [9.17, 15) is 10.3 Å². The van der Waals surface area contributed by atoms with Crippen LogP contribution in [-0.2, 0) is 4.79 Å². The average molecular weight is 421 g/mol. The third-order valence-electron chi connectivity index (χ3n) is 6.22. The second kappa shape index (κ2) is 24.3. The van der Waals surface area contributed by atoms with Crippen LogP contribution in [0, 0.1) is 0 Å². The Kier molecular flexibility index (Phi) is 23.6. The van der Waals surface area contributed by atoms with Crippen molar-refractivity contribution >= 4 is 11.5 Å². The number of carbonyl (C=O) groups excluding carboxylic acids is 1. The van der Waals surface area contributed by atoms with Crippen molar-refractivity contribution in [2.45, 2.75) is 162 Å². The lowest BCUT2D eigenvalue weighted by molar-refractivity contribution is -0.117. The number of carbonyl (C=O) groups is 1. The van der Waals surface area contributed by atoms with E-state index in [2.05, 4.69) is 18.6 Å². The number of nitrogens with zero attached hydrogens (tertiary/aromatic N) is 2. The molecule has 0 aromatic heterocycles. The van der Waals surface area contributed by atoms with Crippen LogP contribution in [0.25, 0.3) is 5.53 Å². The lowest BCUT2D eigenvalue weighted by Crippen LogP contribution is -2.15. The molecule has 0 aliphatic carbocycles. The molecule has 0 rings (SSSR count). The molecule has 0 spiro atoms. The van der Waals surface area contributed by atoms with Gasteiger partial charge in [0.2, 0.25) is 5.78 Å². The minimum absolute atomic E-state index is 0.0596. The first kappa shape index (κ1) is 29.1. The van der Waals surface area contributed by atoms with Gasteiger partial charge in [-0.25, -0.2) is 0 Å². The number of rotatable bonds is 24. The maximum Gasteiger partial charge on any atom is 0.334 e. The highest BCUT2D eigenvalue weighted by Gasteiger charge is 2.18. The van der Waals surface area contributed by atoms with Crippen molar-refractivity contribution < 1.29 is 9.58 Å². The van der Waals surface area contributed by atoms with Crippen LogP contribution in [0.4, 0.5) is 0 Å². The van der Waals surface area contributed by atoms with Crippen molar-refractivity contribution in [1.29, 1.82) is 0 Å². The van der Waals surface area contributed by atoms with Gasteiger partial charge in [0.1, 0.15) is 0 Å². The first-order chi connectivity index (χ1) is 14.8. The molecule has 0 aliphatic heterocycles. The zero-order chi connectivity index (χ0) is 22.1. The first-order valence-electron chi connectivity index (χ1n) is 13.5. The van der Waals surface area contributed by atoms with E-state index in [0.717, 1.165) is 25.7 Å². The van der Waals surface area contributed by atoms with E-state index >= 15 is 0 Å². The SMILES string of the molecule is CCCCCCCCCCCCCC(=O)C(CCCCCCCCCCCC)=[N+]=[N-]. The zero-order valence-electron chi connectivity index (χ0n) is 20.6. The van der Waals surface area contributed by atoms with Crippen molar-refractivity contribution in [3.8, 4) is 0 Å². The Hall–Kier alpha value is -0.950. The van der Waals surface area contributed by atoms with E-state index in [0.29, 0.717) is 18.6 Å². The summed E-state index contributed by atoms with van der Waals surface area (Å²) in [7, 11) is 0. The summed E-state index contributed by atoms with van der Waals surface area (Å²) in [6, 6.07) is 0. The lowest BCUT2D eigenvalue weighted by Gasteiger charge is -2.02. The summed E-state index contributed by atoms with van der Waals surface area (Å²) in [4.78, 5) is 15.5. The predicted octanol–water partition coefficient (Wildman–Crippen LogP) is 9.24. The van der Waals surface area contributed by atoms with Crippen molar-refractivity contribution in [2.75, 3.05) is 0 Å². The van der Waals surface area contributed by atoms with E-state index < -0.39 is 0 Å². The van der Waals surface area contributed by atoms with E-state index in [4.69, 9.17) is 0 Å². The van der Waals surface area contributed by atoms with Gasteiger partial charge in [-0.2, -0.15) is 4.79 Å².